The van der Waals surface area contributed by atoms with Crippen LogP contribution in [0.4, 0.5) is 0 Å². The first-order valence-corrected chi connectivity index (χ1v) is 6.53. The fourth-order valence-corrected chi connectivity index (χ4v) is 1.81. The molecular formula is C13H15N5O4. The van der Waals surface area contributed by atoms with Crippen LogP contribution in [0, 0.1) is 0 Å². The Morgan fingerprint density at radius 3 is 2.73 bits per heavy atom. The van der Waals surface area contributed by atoms with Crippen LogP contribution < -0.4 is 10.1 Å². The van der Waals surface area contributed by atoms with Crippen LogP contribution in [0.1, 0.15) is 33.0 Å². The Kier molecular flexibility index (Phi) is 5.02. The highest BCUT2D eigenvalue weighted by Crippen LogP contribution is 2.17. The number of carbonyl (C=O) groups is 2. The number of hydrogen-bond acceptors (Lipinski definition) is 6. The maximum atomic E-state index is 12.0. The van der Waals surface area contributed by atoms with Gasteiger partial charge in [-0.05, 0) is 24.6 Å². The highest BCUT2D eigenvalue weighted by molar-refractivity contribution is 5.98. The first kappa shape index (κ1) is 15.4. The molecule has 116 valence electrons. The summed E-state index contributed by atoms with van der Waals surface area (Å²) in [7, 11) is 1.41. The lowest BCUT2D eigenvalue weighted by atomic mass is 10.1. The largest absolute Gasteiger partial charge is 0.497 e. The van der Waals surface area contributed by atoms with Gasteiger partial charge in [-0.2, -0.15) is 5.21 Å². The minimum Gasteiger partial charge on any atom is -0.497 e. The molecule has 0 atom stereocenters. The quantitative estimate of drug-likeness (QED) is 0.626. The van der Waals surface area contributed by atoms with Gasteiger partial charge in [-0.1, -0.05) is 5.21 Å². The second kappa shape index (κ2) is 7.16. The zero-order chi connectivity index (χ0) is 15.9. The summed E-state index contributed by atoms with van der Waals surface area (Å²) in [5, 5.41) is 25.1. The number of tetrazole rings is 1. The highest BCUT2D eigenvalue weighted by Gasteiger charge is 2.12. The van der Waals surface area contributed by atoms with Crippen molar-refractivity contribution in [2.45, 2.75) is 12.8 Å². The molecule has 1 aromatic heterocycles. The van der Waals surface area contributed by atoms with Crippen molar-refractivity contribution in [3.8, 4) is 5.75 Å². The molecule has 22 heavy (non-hydrogen) atoms. The number of carboxylic acids is 1. The molecule has 0 saturated carbocycles. The van der Waals surface area contributed by atoms with E-state index in [0.717, 1.165) is 0 Å². The number of hydrogen-bond donors (Lipinski definition) is 3. The topological polar surface area (TPSA) is 130 Å². The van der Waals surface area contributed by atoms with E-state index in [1.165, 1.54) is 25.3 Å². The molecule has 0 unspecified atom stereocenters. The molecule has 1 heterocycles. The second-order valence-electron chi connectivity index (χ2n) is 4.44. The number of rotatable bonds is 7. The molecule has 9 heteroatoms. The van der Waals surface area contributed by atoms with Crippen LogP contribution in [0.25, 0.3) is 0 Å². The van der Waals surface area contributed by atoms with Crippen molar-refractivity contribution in [2.75, 3.05) is 13.7 Å². The fraction of sp³-hybridized carbons (Fsp3) is 0.308. The number of carbonyl (C=O) groups excluding carboxylic acids is 1. The average Bonchev–Trinajstić information content (AvgIpc) is 3.04. The summed E-state index contributed by atoms with van der Waals surface area (Å²) in [6, 6.07) is 4.15. The molecule has 1 amide bonds. The number of aryl methyl sites for hydroxylation is 1. The third-order valence-corrected chi connectivity index (χ3v) is 2.90. The summed E-state index contributed by atoms with van der Waals surface area (Å²) < 4.78 is 5.00. The number of aromatic amines is 1. The van der Waals surface area contributed by atoms with E-state index in [4.69, 9.17) is 9.84 Å². The Labute approximate surface area is 125 Å². The van der Waals surface area contributed by atoms with Crippen molar-refractivity contribution in [3.63, 3.8) is 0 Å². The Morgan fingerprint density at radius 2 is 2.09 bits per heavy atom. The average molecular weight is 305 g/mol. The SMILES string of the molecule is COc1cc(C(=O)O)cc(C(=O)NCCCc2nn[nH]n2)c1. The van der Waals surface area contributed by atoms with Gasteiger partial charge >= 0.3 is 5.97 Å². The van der Waals surface area contributed by atoms with E-state index in [-0.39, 0.29) is 17.0 Å². The van der Waals surface area contributed by atoms with Gasteiger partial charge in [0.25, 0.3) is 5.91 Å². The minimum atomic E-state index is -1.12. The van der Waals surface area contributed by atoms with E-state index in [0.29, 0.717) is 31.0 Å². The van der Waals surface area contributed by atoms with Crippen molar-refractivity contribution < 1.29 is 19.4 Å². The van der Waals surface area contributed by atoms with Gasteiger partial charge in [-0.3, -0.25) is 4.79 Å². The molecule has 0 aliphatic heterocycles. The summed E-state index contributed by atoms with van der Waals surface area (Å²) in [6.45, 7) is 0.410. The van der Waals surface area contributed by atoms with Gasteiger partial charge in [-0.15, -0.1) is 10.2 Å². The second-order valence-corrected chi connectivity index (χ2v) is 4.44. The van der Waals surface area contributed by atoms with Crippen molar-refractivity contribution in [1.29, 1.82) is 0 Å². The molecule has 2 aromatic rings. The summed E-state index contributed by atoms with van der Waals surface area (Å²) in [5.41, 5.74) is 0.229. The molecule has 3 N–H and O–H groups in total. The monoisotopic (exact) mass is 305 g/mol. The maximum Gasteiger partial charge on any atom is 0.335 e. The molecule has 0 aliphatic carbocycles. The molecule has 0 bridgehead atoms. The molecule has 0 radical (unpaired) electrons. The summed E-state index contributed by atoms with van der Waals surface area (Å²) >= 11 is 0. The standard InChI is InChI=1S/C13H15N5O4/c1-22-10-6-8(5-9(7-10)13(20)21)12(19)14-4-2-3-11-15-17-18-16-11/h5-7H,2-4H2,1H3,(H,14,19)(H,20,21)(H,15,16,17,18). The number of H-pyrrole nitrogens is 1. The van der Waals surface area contributed by atoms with Gasteiger partial charge in [0.2, 0.25) is 0 Å². The zero-order valence-electron chi connectivity index (χ0n) is 11.9. The number of methoxy groups -OCH3 is 1. The predicted molar refractivity (Wildman–Crippen MR) is 74.8 cm³/mol. The minimum absolute atomic E-state index is 0.00343. The molecule has 0 saturated heterocycles. The first-order valence-electron chi connectivity index (χ1n) is 6.53. The number of nitrogens with one attached hydrogen (secondary N) is 2. The third kappa shape index (κ3) is 4.01. The molecule has 0 fully saturated rings. The van der Waals surface area contributed by atoms with Gasteiger partial charge < -0.3 is 15.2 Å². The van der Waals surface area contributed by atoms with Crippen LogP contribution in [-0.2, 0) is 6.42 Å². The fourth-order valence-electron chi connectivity index (χ4n) is 1.81. The Morgan fingerprint density at radius 1 is 1.32 bits per heavy atom. The lowest BCUT2D eigenvalue weighted by Gasteiger charge is -2.08. The van der Waals surface area contributed by atoms with E-state index in [2.05, 4.69) is 25.9 Å². The number of aromatic carboxylic acids is 1. The van der Waals surface area contributed by atoms with Crippen molar-refractivity contribution in [3.05, 3.63) is 35.2 Å². The number of amides is 1. The van der Waals surface area contributed by atoms with Gasteiger partial charge in [0.15, 0.2) is 5.82 Å². The van der Waals surface area contributed by atoms with Crippen LogP contribution in [0.5, 0.6) is 5.75 Å². The lowest BCUT2D eigenvalue weighted by molar-refractivity contribution is 0.0696. The van der Waals surface area contributed by atoms with Gasteiger partial charge in [0.1, 0.15) is 5.75 Å². The van der Waals surface area contributed by atoms with E-state index in [1.54, 1.807) is 0 Å². The summed E-state index contributed by atoms with van der Waals surface area (Å²) in [5.74, 6) is -0.597. The van der Waals surface area contributed by atoms with Crippen molar-refractivity contribution >= 4 is 11.9 Å². The Balaban J connectivity index is 1.93. The predicted octanol–water partition coefficient (Wildman–Crippen LogP) is 0.269. The van der Waals surface area contributed by atoms with E-state index < -0.39 is 5.97 Å². The summed E-state index contributed by atoms with van der Waals surface area (Å²) in [4.78, 5) is 23.1. The smallest absolute Gasteiger partial charge is 0.335 e. The number of nitrogens with zero attached hydrogens (tertiary/aromatic N) is 3. The van der Waals surface area contributed by atoms with E-state index in [1.807, 2.05) is 0 Å². The van der Waals surface area contributed by atoms with Gasteiger partial charge in [-0.25, -0.2) is 4.79 Å². The Hall–Kier alpha value is -2.97. The van der Waals surface area contributed by atoms with Crippen LogP contribution in [0.2, 0.25) is 0 Å². The molecule has 9 nitrogen and oxygen atoms in total. The highest BCUT2D eigenvalue weighted by atomic mass is 16.5. The maximum absolute atomic E-state index is 12.0. The zero-order valence-corrected chi connectivity index (χ0v) is 11.9. The van der Waals surface area contributed by atoms with Crippen molar-refractivity contribution in [1.82, 2.24) is 25.9 Å². The number of carboxylic acid groups (broad SMARTS) is 1. The van der Waals surface area contributed by atoms with E-state index >= 15 is 0 Å². The lowest BCUT2D eigenvalue weighted by Crippen LogP contribution is -2.25. The van der Waals surface area contributed by atoms with Crippen LogP contribution in [-0.4, -0.2) is 51.3 Å². The molecule has 0 spiro atoms. The first-order chi connectivity index (χ1) is 10.6. The molecule has 0 aliphatic rings. The van der Waals surface area contributed by atoms with E-state index in [9.17, 15) is 9.59 Å². The number of benzene rings is 1. The summed E-state index contributed by atoms with van der Waals surface area (Å²) in [6.07, 6.45) is 1.22. The van der Waals surface area contributed by atoms with Crippen molar-refractivity contribution in [2.24, 2.45) is 0 Å². The molecule has 1 aromatic carbocycles. The van der Waals surface area contributed by atoms with Crippen LogP contribution >= 0.6 is 0 Å². The number of aromatic nitrogens is 4. The third-order valence-electron chi connectivity index (χ3n) is 2.90. The molecule has 2 rings (SSSR count). The normalized spacial score (nSPS) is 10.2. The molecular weight excluding hydrogens is 290 g/mol. The van der Waals surface area contributed by atoms with Gasteiger partial charge in [0.05, 0.1) is 12.7 Å². The van der Waals surface area contributed by atoms with Crippen LogP contribution in [0.15, 0.2) is 18.2 Å². The number of ether oxygens (including phenoxy) is 1. The van der Waals surface area contributed by atoms with Crippen LogP contribution in [0.3, 0.4) is 0 Å². The Bertz CT molecular complexity index is 656. The van der Waals surface area contributed by atoms with Gasteiger partial charge in [0, 0.05) is 18.5 Å².